The summed E-state index contributed by atoms with van der Waals surface area (Å²) >= 11 is 0. The van der Waals surface area contributed by atoms with Crippen molar-refractivity contribution in [2.75, 3.05) is 20.1 Å². The number of likely N-dealkylation sites (tertiary alicyclic amines) is 1. The van der Waals surface area contributed by atoms with Crippen LogP contribution < -0.4 is 10.2 Å². The highest BCUT2D eigenvalue weighted by Gasteiger charge is 2.37. The number of piperidine rings is 1. The van der Waals surface area contributed by atoms with E-state index in [2.05, 4.69) is 34.6 Å². The van der Waals surface area contributed by atoms with Gasteiger partial charge in [0, 0.05) is 31.7 Å². The quantitative estimate of drug-likeness (QED) is 0.578. The summed E-state index contributed by atoms with van der Waals surface area (Å²) in [6.07, 6.45) is 3.26. The highest BCUT2D eigenvalue weighted by atomic mass is 16.2. The normalized spacial score (nSPS) is 27.6. The topological polar surface area (TPSA) is 83.3 Å². The molecule has 132 valence electrons. The number of nitrogens with one attached hydrogen (secondary N) is 2. The number of quaternary nitrogens is 1. The van der Waals surface area contributed by atoms with E-state index in [-0.39, 0.29) is 6.04 Å². The smallest absolute Gasteiger partial charge is 0.330 e. The molecular weight excluding hydrogens is 320 g/mol. The maximum absolute atomic E-state index is 12.0. The van der Waals surface area contributed by atoms with Crippen LogP contribution in [0, 0.1) is 5.92 Å². The summed E-state index contributed by atoms with van der Waals surface area (Å²) in [7, 11) is 1.36. The third kappa shape index (κ3) is 4.11. The van der Waals surface area contributed by atoms with Crippen molar-refractivity contribution in [3.8, 4) is 0 Å². The molecule has 0 spiro atoms. The molecule has 2 saturated heterocycles. The minimum absolute atomic E-state index is 0.128. The zero-order valence-electron chi connectivity index (χ0n) is 14.3. The van der Waals surface area contributed by atoms with Crippen LogP contribution in [0.4, 0.5) is 4.79 Å². The molecule has 2 aliphatic rings. The number of carbonyl (C=O) groups is 3. The Hall–Kier alpha value is -2.54. The molecule has 3 rings (SSSR count). The number of benzene rings is 1. The Bertz CT molecular complexity index is 681. The minimum atomic E-state index is -1.00. The molecule has 4 amide bonds. The number of carbonyl (C=O) groups excluding carboxylic acids is 3. The molecule has 1 aromatic carbocycles. The van der Waals surface area contributed by atoms with Crippen LogP contribution in [0.2, 0.25) is 0 Å². The lowest BCUT2D eigenvalue weighted by molar-refractivity contribution is -0.918. The van der Waals surface area contributed by atoms with Gasteiger partial charge in [0.25, 0.3) is 0 Å². The average molecular weight is 343 g/mol. The monoisotopic (exact) mass is 343 g/mol. The highest BCUT2D eigenvalue weighted by molar-refractivity contribution is 6.23. The molecule has 2 heterocycles. The Morgan fingerprint density at radius 1 is 1.20 bits per heavy atom. The summed E-state index contributed by atoms with van der Waals surface area (Å²) in [5.74, 6) is -2.12. The van der Waals surface area contributed by atoms with Gasteiger partial charge < -0.3 is 4.90 Å². The number of urea groups is 1. The second kappa shape index (κ2) is 7.57. The van der Waals surface area contributed by atoms with Gasteiger partial charge in [-0.05, 0) is 0 Å². The van der Waals surface area contributed by atoms with Gasteiger partial charge in [0.2, 0.25) is 11.8 Å². The van der Waals surface area contributed by atoms with Crippen LogP contribution >= 0.6 is 0 Å². The first-order chi connectivity index (χ1) is 12.0. The van der Waals surface area contributed by atoms with Crippen molar-refractivity contribution in [3.63, 3.8) is 0 Å². The van der Waals surface area contributed by atoms with Crippen LogP contribution in [0.25, 0.3) is 0 Å². The molecule has 2 N–H and O–H groups in total. The molecule has 25 heavy (non-hydrogen) atoms. The average Bonchev–Trinajstić information content (AvgIpc) is 2.62. The van der Waals surface area contributed by atoms with Crippen LogP contribution in [0.1, 0.15) is 18.4 Å². The van der Waals surface area contributed by atoms with Gasteiger partial charge in [0.05, 0.1) is 19.1 Å². The molecule has 1 aromatic rings. The number of aliphatic imine (C=N–C) groups is 1. The van der Waals surface area contributed by atoms with Crippen molar-refractivity contribution >= 4 is 24.1 Å². The van der Waals surface area contributed by atoms with Gasteiger partial charge in [-0.3, -0.25) is 24.8 Å². The fourth-order valence-electron chi connectivity index (χ4n) is 3.25. The van der Waals surface area contributed by atoms with E-state index in [1.54, 1.807) is 0 Å². The number of hydrogen-bond acceptors (Lipinski definition) is 4. The molecular formula is C18H23N4O3+. The van der Waals surface area contributed by atoms with Crippen LogP contribution in [0.15, 0.2) is 35.3 Å². The fraction of sp³-hybridized carbons (Fsp3) is 0.444. The number of nitrogens with zero attached hydrogens (tertiary/aromatic N) is 2. The fourth-order valence-corrected chi connectivity index (χ4v) is 3.25. The van der Waals surface area contributed by atoms with E-state index >= 15 is 0 Å². The summed E-state index contributed by atoms with van der Waals surface area (Å²) in [4.78, 5) is 42.1. The Morgan fingerprint density at radius 3 is 2.56 bits per heavy atom. The highest BCUT2D eigenvalue weighted by Crippen LogP contribution is 2.10. The van der Waals surface area contributed by atoms with Gasteiger partial charge in [-0.1, -0.05) is 30.3 Å². The van der Waals surface area contributed by atoms with Gasteiger partial charge in [-0.2, -0.15) is 0 Å². The van der Waals surface area contributed by atoms with Gasteiger partial charge in [-0.25, -0.2) is 4.79 Å². The molecule has 2 fully saturated rings. The van der Waals surface area contributed by atoms with Crippen LogP contribution in [-0.4, -0.2) is 55.1 Å². The molecule has 0 saturated carbocycles. The predicted octanol–water partition coefficient (Wildman–Crippen LogP) is -0.371. The zero-order valence-corrected chi connectivity index (χ0v) is 14.3. The first-order valence-corrected chi connectivity index (χ1v) is 8.58. The minimum Gasteiger partial charge on any atom is -0.331 e. The van der Waals surface area contributed by atoms with Crippen LogP contribution in [-0.2, 0) is 16.1 Å². The van der Waals surface area contributed by atoms with E-state index in [9.17, 15) is 14.4 Å². The van der Waals surface area contributed by atoms with E-state index in [1.165, 1.54) is 23.7 Å². The predicted molar refractivity (Wildman–Crippen MR) is 92.2 cm³/mol. The Labute approximate surface area is 146 Å². The summed E-state index contributed by atoms with van der Waals surface area (Å²) in [5.41, 5.74) is 1.33. The van der Waals surface area contributed by atoms with Gasteiger partial charge in [0.1, 0.15) is 6.54 Å². The third-order valence-corrected chi connectivity index (χ3v) is 4.82. The first-order valence-electron chi connectivity index (χ1n) is 8.58. The first kappa shape index (κ1) is 17.3. The van der Waals surface area contributed by atoms with E-state index < -0.39 is 23.8 Å². The Balaban J connectivity index is 1.51. The maximum Gasteiger partial charge on any atom is 0.330 e. The summed E-state index contributed by atoms with van der Waals surface area (Å²) < 4.78 is 0. The van der Waals surface area contributed by atoms with E-state index in [1.807, 2.05) is 6.07 Å². The molecule has 7 heteroatoms. The Morgan fingerprint density at radius 2 is 1.88 bits per heavy atom. The lowest BCUT2D eigenvalue weighted by Crippen LogP contribution is -3.12. The molecule has 2 aliphatic heterocycles. The summed E-state index contributed by atoms with van der Waals surface area (Å²) in [5, 5.41) is 2.16. The lowest BCUT2D eigenvalue weighted by atomic mass is 10.0. The standard InChI is InChI=1S/C18H22N4O3/c1-21-17(24)15(16(23)20-18(21)25)11-19-14-7-9-22(10-8-14)12-13-5-3-2-4-6-13/h2-6,11,14-15H,7-10,12H2,1H3,(H,20,23,25)/p+1/t15-/m0/s1. The van der Waals surface area contributed by atoms with Gasteiger partial charge in [0.15, 0.2) is 5.92 Å². The lowest BCUT2D eigenvalue weighted by Gasteiger charge is -2.28. The molecule has 0 aromatic heterocycles. The van der Waals surface area contributed by atoms with Crippen molar-refractivity contribution in [2.45, 2.75) is 25.4 Å². The molecule has 7 nitrogen and oxygen atoms in total. The third-order valence-electron chi connectivity index (χ3n) is 4.82. The largest absolute Gasteiger partial charge is 0.331 e. The van der Waals surface area contributed by atoms with Crippen molar-refractivity contribution in [1.82, 2.24) is 10.2 Å². The Kier molecular flexibility index (Phi) is 5.23. The number of barbiturate groups is 1. The summed E-state index contributed by atoms with van der Waals surface area (Å²) in [6, 6.07) is 9.86. The number of hydrogen-bond donors (Lipinski definition) is 2. The van der Waals surface area contributed by atoms with Crippen molar-refractivity contribution < 1.29 is 19.3 Å². The molecule has 0 aliphatic carbocycles. The van der Waals surface area contributed by atoms with E-state index in [0.717, 1.165) is 37.4 Å². The number of imide groups is 2. The van der Waals surface area contributed by atoms with E-state index in [4.69, 9.17) is 0 Å². The van der Waals surface area contributed by atoms with Crippen molar-refractivity contribution in [2.24, 2.45) is 10.9 Å². The zero-order chi connectivity index (χ0) is 17.8. The SMILES string of the molecule is CN1C(=O)NC(=O)[C@H](C=NC2CC[NH+](Cc3ccccc3)CC2)C1=O. The second-order valence-corrected chi connectivity index (χ2v) is 6.61. The van der Waals surface area contributed by atoms with Crippen molar-refractivity contribution in [3.05, 3.63) is 35.9 Å². The van der Waals surface area contributed by atoms with Crippen LogP contribution in [0.3, 0.4) is 0 Å². The second-order valence-electron chi connectivity index (χ2n) is 6.61. The van der Waals surface area contributed by atoms with Crippen molar-refractivity contribution in [1.29, 1.82) is 0 Å². The van der Waals surface area contributed by atoms with E-state index in [0.29, 0.717) is 0 Å². The molecule has 0 unspecified atom stereocenters. The molecule has 0 radical (unpaired) electrons. The van der Waals surface area contributed by atoms with Crippen LogP contribution in [0.5, 0.6) is 0 Å². The maximum atomic E-state index is 12.0. The number of amides is 4. The molecule has 1 atom stereocenters. The van der Waals surface area contributed by atoms with Gasteiger partial charge >= 0.3 is 6.03 Å². The number of rotatable bonds is 4. The molecule has 0 bridgehead atoms. The summed E-state index contributed by atoms with van der Waals surface area (Å²) in [6.45, 7) is 3.04. The van der Waals surface area contributed by atoms with Gasteiger partial charge in [-0.15, -0.1) is 0 Å².